The zero-order valence-corrected chi connectivity index (χ0v) is 31.8. The molecule has 8 nitrogen and oxygen atoms in total. The Morgan fingerprint density at radius 3 is 2.30 bits per heavy atom. The molecule has 1 amide bonds. The maximum atomic E-state index is 12.1. The van der Waals surface area contributed by atoms with Gasteiger partial charge in [0.25, 0.3) is 0 Å². The third-order valence-corrected chi connectivity index (χ3v) is 9.86. The maximum Gasteiger partial charge on any atom is 0.407 e. The Morgan fingerprint density at radius 2 is 1.66 bits per heavy atom. The standard InChI is InChI=1S/C40H54Cl2N6O2/c1-6-7-29(2)10-13-46-16-18-48(19-17-46)38-9-8-31(27-43-38)20-36-21-32(22-37(45-36)33-23-34(41)25-35(42)24-33)28-47-14-11-30(12-15-47)26-44-39(49)50-40(3,4)5/h8-9,21-25,27,30H,2,6-7,10-20,26,28H2,1,3-5H3,(H,44,49). The Hall–Kier alpha value is -3.17. The van der Waals surface area contributed by atoms with Crippen molar-refractivity contribution < 1.29 is 9.53 Å². The predicted molar refractivity (Wildman–Crippen MR) is 206 cm³/mol. The fourth-order valence-corrected chi connectivity index (χ4v) is 7.27. The van der Waals surface area contributed by atoms with Crippen LogP contribution in [0.4, 0.5) is 10.6 Å². The van der Waals surface area contributed by atoms with E-state index in [1.165, 1.54) is 17.6 Å². The molecule has 0 atom stereocenters. The number of halogens is 2. The summed E-state index contributed by atoms with van der Waals surface area (Å²) < 4.78 is 5.41. The molecule has 2 aliphatic heterocycles. The van der Waals surface area contributed by atoms with Crippen LogP contribution in [0, 0.1) is 5.92 Å². The number of rotatable bonds is 13. The van der Waals surface area contributed by atoms with Crippen LogP contribution >= 0.6 is 23.2 Å². The van der Waals surface area contributed by atoms with E-state index in [1.54, 1.807) is 6.07 Å². The van der Waals surface area contributed by atoms with Gasteiger partial charge in [-0.2, -0.15) is 0 Å². The highest BCUT2D eigenvalue weighted by Crippen LogP contribution is 2.29. The molecular weight excluding hydrogens is 667 g/mol. The first kappa shape index (κ1) is 38.1. The van der Waals surface area contributed by atoms with Crippen LogP contribution in [0.1, 0.15) is 76.6 Å². The lowest BCUT2D eigenvalue weighted by Gasteiger charge is -2.35. The molecule has 10 heteroatoms. The number of alkyl carbamates (subject to hydrolysis) is 1. The average molecular weight is 722 g/mol. The van der Waals surface area contributed by atoms with Gasteiger partial charge in [0.1, 0.15) is 11.4 Å². The Labute approximate surface area is 309 Å². The number of hydrogen-bond acceptors (Lipinski definition) is 7. The first-order chi connectivity index (χ1) is 23.9. The van der Waals surface area contributed by atoms with E-state index in [0.717, 1.165) is 106 Å². The number of anilines is 1. The quantitative estimate of drug-likeness (QED) is 0.177. The molecule has 3 aromatic rings. The summed E-state index contributed by atoms with van der Waals surface area (Å²) in [4.78, 5) is 29.5. The number of benzene rings is 1. The topological polar surface area (TPSA) is 73.8 Å². The molecule has 2 fully saturated rings. The lowest BCUT2D eigenvalue weighted by atomic mass is 9.96. The highest BCUT2D eigenvalue weighted by atomic mass is 35.5. The Bertz CT molecular complexity index is 1560. The summed E-state index contributed by atoms with van der Waals surface area (Å²) in [5.74, 6) is 1.47. The molecule has 4 heterocycles. The molecule has 0 aliphatic carbocycles. The summed E-state index contributed by atoms with van der Waals surface area (Å²) in [5.41, 5.74) is 5.94. The van der Waals surface area contributed by atoms with Crippen LogP contribution in [-0.2, 0) is 17.7 Å². The number of carbonyl (C=O) groups is 1. The molecule has 0 radical (unpaired) electrons. The zero-order valence-electron chi connectivity index (χ0n) is 30.3. The SMILES string of the molecule is C=C(CCC)CCN1CCN(c2ccc(Cc3cc(CN4CCC(CNC(=O)OC(C)(C)C)CC4)cc(-c4cc(Cl)cc(Cl)c4)n3)cn2)CC1. The Kier molecular flexibility index (Phi) is 13.6. The number of likely N-dealkylation sites (tertiary alicyclic amines) is 1. The number of pyridine rings is 2. The van der Waals surface area contributed by atoms with Gasteiger partial charge in [0.2, 0.25) is 0 Å². The van der Waals surface area contributed by atoms with Crippen LogP contribution < -0.4 is 10.2 Å². The minimum absolute atomic E-state index is 0.346. The van der Waals surface area contributed by atoms with E-state index in [2.05, 4.69) is 57.8 Å². The molecule has 50 heavy (non-hydrogen) atoms. The van der Waals surface area contributed by atoms with E-state index in [-0.39, 0.29) is 6.09 Å². The van der Waals surface area contributed by atoms with E-state index < -0.39 is 5.60 Å². The van der Waals surface area contributed by atoms with Gasteiger partial charge in [0.05, 0.1) is 5.69 Å². The molecule has 1 aromatic carbocycles. The van der Waals surface area contributed by atoms with Gasteiger partial charge in [-0.1, -0.05) is 54.8 Å². The molecule has 5 rings (SSSR count). The molecule has 0 unspecified atom stereocenters. The van der Waals surface area contributed by atoms with Crippen LogP contribution in [0.2, 0.25) is 10.0 Å². The normalized spacial score (nSPS) is 16.4. The molecule has 0 spiro atoms. The van der Waals surface area contributed by atoms with Crippen molar-refractivity contribution in [3.05, 3.63) is 87.7 Å². The van der Waals surface area contributed by atoms with Crippen molar-refractivity contribution in [2.24, 2.45) is 5.92 Å². The molecule has 2 aliphatic rings. The van der Waals surface area contributed by atoms with Crippen molar-refractivity contribution in [2.45, 2.75) is 78.4 Å². The van der Waals surface area contributed by atoms with Crippen LogP contribution in [0.5, 0.6) is 0 Å². The van der Waals surface area contributed by atoms with Gasteiger partial charge in [-0.05, 0) is 113 Å². The summed E-state index contributed by atoms with van der Waals surface area (Å²) >= 11 is 12.8. The van der Waals surface area contributed by atoms with Crippen molar-refractivity contribution in [1.82, 2.24) is 25.1 Å². The van der Waals surface area contributed by atoms with Gasteiger partial charge in [-0.3, -0.25) is 14.8 Å². The predicted octanol–water partition coefficient (Wildman–Crippen LogP) is 8.65. The Balaban J connectivity index is 1.21. The highest BCUT2D eigenvalue weighted by Gasteiger charge is 2.23. The summed E-state index contributed by atoms with van der Waals surface area (Å²) in [6.45, 7) is 20.6. The van der Waals surface area contributed by atoms with Gasteiger partial charge in [-0.15, -0.1) is 0 Å². The van der Waals surface area contributed by atoms with Crippen molar-refractivity contribution >= 4 is 35.1 Å². The van der Waals surface area contributed by atoms with E-state index in [9.17, 15) is 4.79 Å². The molecule has 2 aromatic heterocycles. The third kappa shape index (κ3) is 12.0. The van der Waals surface area contributed by atoms with Crippen LogP contribution in [-0.4, -0.2) is 83.8 Å². The maximum absolute atomic E-state index is 12.1. The molecule has 1 N–H and O–H groups in total. The number of amides is 1. The van der Waals surface area contributed by atoms with Gasteiger partial charge in [-0.25, -0.2) is 9.78 Å². The number of hydrogen-bond donors (Lipinski definition) is 1. The summed E-state index contributed by atoms with van der Waals surface area (Å²) in [6, 6.07) is 14.3. The zero-order chi connectivity index (χ0) is 35.7. The van der Waals surface area contributed by atoms with Crippen LogP contribution in [0.25, 0.3) is 11.3 Å². The van der Waals surface area contributed by atoms with Gasteiger partial charge in [0.15, 0.2) is 0 Å². The molecule has 270 valence electrons. The summed E-state index contributed by atoms with van der Waals surface area (Å²) in [6.07, 6.45) is 7.76. The number of nitrogens with one attached hydrogen (secondary N) is 1. The molecule has 0 bridgehead atoms. The number of ether oxygens (including phenoxy) is 1. The average Bonchev–Trinajstić information content (AvgIpc) is 3.06. The van der Waals surface area contributed by atoms with E-state index in [1.807, 2.05) is 39.1 Å². The van der Waals surface area contributed by atoms with Crippen molar-refractivity contribution in [3.63, 3.8) is 0 Å². The fourth-order valence-electron chi connectivity index (χ4n) is 6.74. The minimum Gasteiger partial charge on any atom is -0.444 e. The largest absolute Gasteiger partial charge is 0.444 e. The number of piperazine rings is 1. The first-order valence-corrected chi connectivity index (χ1v) is 18.9. The van der Waals surface area contributed by atoms with Crippen molar-refractivity contribution in [3.8, 4) is 11.3 Å². The summed E-state index contributed by atoms with van der Waals surface area (Å²) in [7, 11) is 0. The van der Waals surface area contributed by atoms with E-state index in [4.69, 9.17) is 37.9 Å². The highest BCUT2D eigenvalue weighted by molar-refractivity contribution is 6.35. The molecule has 2 saturated heterocycles. The van der Waals surface area contributed by atoms with Crippen molar-refractivity contribution in [1.29, 1.82) is 0 Å². The minimum atomic E-state index is -0.494. The lowest BCUT2D eigenvalue weighted by Crippen LogP contribution is -2.47. The third-order valence-electron chi connectivity index (χ3n) is 9.42. The van der Waals surface area contributed by atoms with Crippen LogP contribution in [0.15, 0.2) is 60.8 Å². The second kappa shape index (κ2) is 17.9. The number of carbonyl (C=O) groups excluding carboxylic acids is 1. The first-order valence-electron chi connectivity index (χ1n) is 18.2. The Morgan fingerprint density at radius 1 is 0.940 bits per heavy atom. The summed E-state index contributed by atoms with van der Waals surface area (Å²) in [5, 5.41) is 4.13. The lowest BCUT2D eigenvalue weighted by molar-refractivity contribution is 0.0509. The van der Waals surface area contributed by atoms with Crippen molar-refractivity contribution in [2.75, 3.05) is 57.3 Å². The molecule has 0 saturated carbocycles. The fraction of sp³-hybridized carbons (Fsp3) is 0.525. The van der Waals surface area contributed by atoms with E-state index in [0.29, 0.717) is 28.9 Å². The van der Waals surface area contributed by atoms with E-state index >= 15 is 0 Å². The monoisotopic (exact) mass is 720 g/mol. The number of piperidine rings is 1. The van der Waals surface area contributed by atoms with Gasteiger partial charge in [0, 0.05) is 79.7 Å². The second-order valence-corrected chi connectivity index (χ2v) is 15.8. The van der Waals surface area contributed by atoms with Gasteiger partial charge >= 0.3 is 6.09 Å². The molecular formula is C40H54Cl2N6O2. The van der Waals surface area contributed by atoms with Crippen LogP contribution in [0.3, 0.4) is 0 Å². The number of aromatic nitrogens is 2. The number of nitrogens with zero attached hydrogens (tertiary/aromatic N) is 5. The van der Waals surface area contributed by atoms with Gasteiger partial charge < -0.3 is 15.0 Å². The second-order valence-electron chi connectivity index (χ2n) is 14.9. The smallest absolute Gasteiger partial charge is 0.407 e.